The Labute approximate surface area is 139 Å². The van der Waals surface area contributed by atoms with Gasteiger partial charge in [-0.25, -0.2) is 13.4 Å². The van der Waals surface area contributed by atoms with E-state index in [1.165, 1.54) is 12.1 Å². The van der Waals surface area contributed by atoms with Crippen LogP contribution >= 0.6 is 11.6 Å². The molecule has 2 N–H and O–H groups in total. The van der Waals surface area contributed by atoms with E-state index in [4.69, 9.17) is 11.6 Å². The van der Waals surface area contributed by atoms with Crippen molar-refractivity contribution in [3.8, 4) is 11.3 Å². The second-order valence-electron chi connectivity index (χ2n) is 5.01. The van der Waals surface area contributed by atoms with Crippen LogP contribution in [0.2, 0.25) is 5.02 Å². The molecule has 0 fully saturated rings. The lowest BCUT2D eigenvalue weighted by Gasteiger charge is -2.09. The van der Waals surface area contributed by atoms with Crippen molar-refractivity contribution < 1.29 is 8.42 Å². The van der Waals surface area contributed by atoms with Crippen LogP contribution in [0.15, 0.2) is 59.8 Å². The summed E-state index contributed by atoms with van der Waals surface area (Å²) in [6.07, 6.45) is 1.63. The summed E-state index contributed by atoms with van der Waals surface area (Å²) in [5.41, 5.74) is 3.20. The second kappa shape index (κ2) is 6.06. The van der Waals surface area contributed by atoms with Gasteiger partial charge in [0.25, 0.3) is 10.0 Å². The minimum absolute atomic E-state index is 0.161. The first kappa shape index (κ1) is 15.6. The standard InChI is InChI=1S/C16H14ClN3O2S/c1-11-16(19-10-18-11)12-2-6-14(7-3-12)20-23(21,22)15-8-4-13(17)5-9-15/h2-10,20H,1H3,(H,18,19). The molecule has 0 atom stereocenters. The van der Waals surface area contributed by atoms with Gasteiger partial charge in [0.15, 0.2) is 0 Å². The normalized spacial score (nSPS) is 11.4. The monoisotopic (exact) mass is 347 g/mol. The van der Waals surface area contributed by atoms with E-state index in [0.717, 1.165) is 17.0 Å². The van der Waals surface area contributed by atoms with Crippen LogP contribution in [0.1, 0.15) is 5.69 Å². The highest BCUT2D eigenvalue weighted by molar-refractivity contribution is 7.92. The van der Waals surface area contributed by atoms with Crippen molar-refractivity contribution in [2.75, 3.05) is 4.72 Å². The number of hydrogen-bond acceptors (Lipinski definition) is 3. The lowest BCUT2D eigenvalue weighted by molar-refractivity contribution is 0.601. The molecule has 0 amide bonds. The zero-order chi connectivity index (χ0) is 16.4. The summed E-state index contributed by atoms with van der Waals surface area (Å²) in [6.45, 7) is 1.93. The number of sulfonamides is 1. The number of aromatic amines is 1. The molecular weight excluding hydrogens is 334 g/mol. The topological polar surface area (TPSA) is 74.8 Å². The second-order valence-corrected chi connectivity index (χ2v) is 7.13. The number of hydrogen-bond donors (Lipinski definition) is 2. The highest BCUT2D eigenvalue weighted by Crippen LogP contribution is 2.23. The summed E-state index contributed by atoms with van der Waals surface area (Å²) in [5, 5.41) is 0.489. The lowest BCUT2D eigenvalue weighted by Crippen LogP contribution is -2.12. The maximum absolute atomic E-state index is 12.3. The minimum Gasteiger partial charge on any atom is -0.348 e. The summed E-state index contributed by atoms with van der Waals surface area (Å²) in [4.78, 5) is 7.41. The number of benzene rings is 2. The highest BCUT2D eigenvalue weighted by atomic mass is 35.5. The Kier molecular flexibility index (Phi) is 4.11. The molecule has 1 aromatic heterocycles. The molecule has 7 heteroatoms. The van der Waals surface area contributed by atoms with Gasteiger partial charge in [-0.3, -0.25) is 4.72 Å². The van der Waals surface area contributed by atoms with Gasteiger partial charge in [-0.15, -0.1) is 0 Å². The van der Waals surface area contributed by atoms with Crippen LogP contribution in [-0.4, -0.2) is 18.4 Å². The van der Waals surface area contributed by atoms with Crippen LogP contribution < -0.4 is 4.72 Å². The molecule has 0 spiro atoms. The molecule has 3 rings (SSSR count). The van der Waals surface area contributed by atoms with Gasteiger partial charge < -0.3 is 4.98 Å². The first-order chi connectivity index (χ1) is 11.0. The molecule has 1 heterocycles. The Morgan fingerprint density at radius 2 is 1.70 bits per heavy atom. The molecule has 3 aromatic rings. The van der Waals surface area contributed by atoms with E-state index in [-0.39, 0.29) is 4.90 Å². The Hall–Kier alpha value is -2.31. The average Bonchev–Trinajstić information content (AvgIpc) is 2.94. The Balaban J connectivity index is 1.83. The highest BCUT2D eigenvalue weighted by Gasteiger charge is 2.14. The summed E-state index contributed by atoms with van der Waals surface area (Å²) in [6, 6.07) is 13.1. The number of rotatable bonds is 4. The van der Waals surface area contributed by atoms with Crippen molar-refractivity contribution in [2.45, 2.75) is 11.8 Å². The van der Waals surface area contributed by atoms with Crippen LogP contribution in [0, 0.1) is 6.92 Å². The maximum Gasteiger partial charge on any atom is 0.261 e. The number of aromatic nitrogens is 2. The maximum atomic E-state index is 12.3. The van der Waals surface area contributed by atoms with Gasteiger partial charge in [0.2, 0.25) is 0 Å². The van der Waals surface area contributed by atoms with Gasteiger partial charge in [-0.1, -0.05) is 23.7 Å². The summed E-state index contributed by atoms with van der Waals surface area (Å²) in [7, 11) is -3.64. The first-order valence-corrected chi connectivity index (χ1v) is 8.70. The number of halogens is 1. The molecule has 0 saturated carbocycles. The molecule has 0 saturated heterocycles. The molecule has 0 aliphatic heterocycles. The average molecular weight is 348 g/mol. The smallest absolute Gasteiger partial charge is 0.261 e. The third-order valence-electron chi connectivity index (χ3n) is 3.36. The van der Waals surface area contributed by atoms with Gasteiger partial charge in [-0.05, 0) is 43.3 Å². The number of nitrogens with one attached hydrogen (secondary N) is 2. The van der Waals surface area contributed by atoms with Crippen molar-refractivity contribution in [1.29, 1.82) is 0 Å². The van der Waals surface area contributed by atoms with Gasteiger partial charge >= 0.3 is 0 Å². The van der Waals surface area contributed by atoms with E-state index in [0.29, 0.717) is 10.7 Å². The molecule has 118 valence electrons. The fraction of sp³-hybridized carbons (Fsp3) is 0.0625. The van der Waals surface area contributed by atoms with Gasteiger partial charge in [0.1, 0.15) is 0 Å². The fourth-order valence-electron chi connectivity index (χ4n) is 2.17. The Morgan fingerprint density at radius 3 is 2.26 bits per heavy atom. The van der Waals surface area contributed by atoms with Crippen LogP contribution in [0.3, 0.4) is 0 Å². The van der Waals surface area contributed by atoms with E-state index < -0.39 is 10.0 Å². The summed E-state index contributed by atoms with van der Waals surface area (Å²) >= 11 is 5.78. The molecule has 0 radical (unpaired) electrons. The Morgan fingerprint density at radius 1 is 1.04 bits per heavy atom. The molecule has 23 heavy (non-hydrogen) atoms. The van der Waals surface area contributed by atoms with Crippen molar-refractivity contribution in [3.63, 3.8) is 0 Å². The van der Waals surface area contributed by atoms with Crippen LogP contribution in [-0.2, 0) is 10.0 Å². The number of imidazole rings is 1. The summed E-state index contributed by atoms with van der Waals surface area (Å²) in [5.74, 6) is 0. The third kappa shape index (κ3) is 3.38. The van der Waals surface area contributed by atoms with Crippen molar-refractivity contribution in [1.82, 2.24) is 9.97 Å². The van der Waals surface area contributed by atoms with Crippen molar-refractivity contribution in [2.24, 2.45) is 0 Å². The molecule has 0 aliphatic carbocycles. The number of H-pyrrole nitrogens is 1. The Bertz CT molecular complexity index is 917. The van der Waals surface area contributed by atoms with Crippen LogP contribution in [0.5, 0.6) is 0 Å². The van der Waals surface area contributed by atoms with E-state index >= 15 is 0 Å². The van der Waals surface area contributed by atoms with E-state index in [1.54, 1.807) is 30.6 Å². The van der Waals surface area contributed by atoms with E-state index in [1.807, 2.05) is 19.1 Å². The quantitative estimate of drug-likeness (QED) is 0.753. The first-order valence-electron chi connectivity index (χ1n) is 6.84. The molecule has 0 bridgehead atoms. The number of nitrogens with zero attached hydrogens (tertiary/aromatic N) is 1. The lowest BCUT2D eigenvalue weighted by atomic mass is 10.1. The fourth-order valence-corrected chi connectivity index (χ4v) is 3.36. The van der Waals surface area contributed by atoms with E-state index in [2.05, 4.69) is 14.7 Å². The molecule has 2 aromatic carbocycles. The van der Waals surface area contributed by atoms with Crippen molar-refractivity contribution >= 4 is 27.3 Å². The van der Waals surface area contributed by atoms with Crippen LogP contribution in [0.25, 0.3) is 11.3 Å². The van der Waals surface area contributed by atoms with Gasteiger partial charge in [-0.2, -0.15) is 0 Å². The predicted molar refractivity (Wildman–Crippen MR) is 91.0 cm³/mol. The summed E-state index contributed by atoms with van der Waals surface area (Å²) < 4.78 is 27.2. The van der Waals surface area contributed by atoms with Gasteiger partial charge in [0.05, 0.1) is 16.9 Å². The van der Waals surface area contributed by atoms with Gasteiger partial charge in [0, 0.05) is 22.0 Å². The van der Waals surface area contributed by atoms with Crippen LogP contribution in [0.4, 0.5) is 5.69 Å². The third-order valence-corrected chi connectivity index (χ3v) is 5.01. The SMILES string of the molecule is Cc1[nH]cnc1-c1ccc(NS(=O)(=O)c2ccc(Cl)cc2)cc1. The van der Waals surface area contributed by atoms with E-state index in [9.17, 15) is 8.42 Å². The zero-order valence-electron chi connectivity index (χ0n) is 12.2. The molecule has 0 unspecified atom stereocenters. The van der Waals surface area contributed by atoms with Crippen molar-refractivity contribution in [3.05, 3.63) is 65.6 Å². The molecule has 5 nitrogen and oxygen atoms in total. The number of aryl methyl sites for hydroxylation is 1. The largest absolute Gasteiger partial charge is 0.348 e. The molecule has 0 aliphatic rings. The zero-order valence-corrected chi connectivity index (χ0v) is 13.8. The molecular formula is C16H14ClN3O2S. The predicted octanol–water partition coefficient (Wildman–Crippen LogP) is 3.84. The minimum atomic E-state index is -3.64. The number of anilines is 1.